The molecule has 0 saturated carbocycles. The predicted octanol–water partition coefficient (Wildman–Crippen LogP) is 3.98. The van der Waals surface area contributed by atoms with Crippen molar-refractivity contribution in [2.24, 2.45) is 0 Å². The van der Waals surface area contributed by atoms with Crippen molar-refractivity contribution in [3.63, 3.8) is 0 Å². The predicted molar refractivity (Wildman–Crippen MR) is 109 cm³/mol. The topological polar surface area (TPSA) is 105 Å². The fourth-order valence-corrected chi connectivity index (χ4v) is 4.87. The van der Waals surface area contributed by atoms with Gasteiger partial charge in [0.05, 0.1) is 4.47 Å². The zero-order chi connectivity index (χ0) is 23.1. The first-order valence-electron chi connectivity index (χ1n) is 8.90. The van der Waals surface area contributed by atoms with Gasteiger partial charge < -0.3 is 4.42 Å². The summed E-state index contributed by atoms with van der Waals surface area (Å²) in [6, 6.07) is 2.55. The summed E-state index contributed by atoms with van der Waals surface area (Å²) in [5, 5.41) is 5.66. The van der Waals surface area contributed by atoms with Crippen LogP contribution in [0, 0.1) is 31.3 Å². The van der Waals surface area contributed by atoms with Crippen molar-refractivity contribution in [2.75, 3.05) is 0 Å². The first kappa shape index (κ1) is 23.2. The lowest BCUT2D eigenvalue weighted by Gasteiger charge is -2.25. The van der Waals surface area contributed by atoms with E-state index in [0.717, 1.165) is 5.56 Å². The van der Waals surface area contributed by atoms with Crippen LogP contribution in [0.3, 0.4) is 0 Å². The second-order valence-corrected chi connectivity index (χ2v) is 9.48. The van der Waals surface area contributed by atoms with Gasteiger partial charge in [0, 0.05) is 5.92 Å². The summed E-state index contributed by atoms with van der Waals surface area (Å²) in [7, 11) is -4.68. The van der Waals surface area contributed by atoms with Gasteiger partial charge in [0.15, 0.2) is 0 Å². The molecule has 3 aromatic rings. The summed E-state index contributed by atoms with van der Waals surface area (Å²) in [6.45, 7) is 4.89. The second kappa shape index (κ2) is 8.60. The van der Waals surface area contributed by atoms with Gasteiger partial charge in [-0.1, -0.05) is 13.0 Å². The van der Waals surface area contributed by atoms with Crippen molar-refractivity contribution in [2.45, 2.75) is 37.6 Å². The molecule has 0 aliphatic rings. The number of aromatic amines is 1. The van der Waals surface area contributed by atoms with Gasteiger partial charge in [0.1, 0.15) is 28.4 Å². The largest absolute Gasteiger partial charge is 0.434 e. The van der Waals surface area contributed by atoms with Crippen molar-refractivity contribution in [3.8, 4) is 0 Å². The fourth-order valence-electron chi connectivity index (χ4n) is 3.21. The number of H-pyrrole nitrogens is 1. The molecule has 3 rings (SSSR count). The van der Waals surface area contributed by atoms with Crippen LogP contribution < -0.4 is 10.5 Å². The Bertz CT molecular complexity index is 1310. The van der Waals surface area contributed by atoms with Crippen LogP contribution in [-0.4, -0.2) is 18.6 Å². The van der Waals surface area contributed by atoms with E-state index in [4.69, 9.17) is 4.42 Å². The Morgan fingerprint density at radius 1 is 1.13 bits per heavy atom. The first-order valence-corrected chi connectivity index (χ1v) is 11.2. The molecule has 0 aliphatic heterocycles. The van der Waals surface area contributed by atoms with Crippen LogP contribution in [0.2, 0.25) is 0 Å². The lowest BCUT2D eigenvalue weighted by Crippen LogP contribution is -2.33. The third kappa shape index (κ3) is 4.60. The quantitative estimate of drug-likeness (QED) is 0.479. The number of nitrogens with one attached hydrogen (secondary N) is 2. The van der Waals surface area contributed by atoms with Gasteiger partial charge in [-0.3, -0.25) is 0 Å². The number of aryl methyl sites for hydroxylation is 1. The molecule has 12 heteroatoms. The zero-order valence-electron chi connectivity index (χ0n) is 16.5. The molecule has 2 atom stereocenters. The minimum Gasteiger partial charge on any atom is -0.391 e. The molecule has 0 aliphatic carbocycles. The molecule has 0 unspecified atom stereocenters. The molecule has 0 radical (unpaired) electrons. The van der Waals surface area contributed by atoms with Crippen molar-refractivity contribution >= 4 is 26.0 Å². The van der Waals surface area contributed by atoms with Gasteiger partial charge in [-0.25, -0.2) is 31.5 Å². The van der Waals surface area contributed by atoms with E-state index in [9.17, 15) is 26.4 Å². The standard InChI is InChI=1S/C19H17BrF3N3O4S/c1-8-4-5-12(21)16(9(8)2)10(3)17(18-24-25-19(27)30-18)26-31(28,29)15-7-13(22)11(20)6-14(15)23/h4-7,10,17,26H,1-3H3,(H,25,27)/t10-,17+/m1/s1. The molecule has 2 aromatic carbocycles. The number of benzene rings is 2. The smallest absolute Gasteiger partial charge is 0.391 e. The molecule has 0 bridgehead atoms. The molecular formula is C19H17BrF3N3O4S. The monoisotopic (exact) mass is 519 g/mol. The number of hydrogen-bond acceptors (Lipinski definition) is 5. The molecular weight excluding hydrogens is 503 g/mol. The summed E-state index contributed by atoms with van der Waals surface area (Å²) in [4.78, 5) is 10.5. The second-order valence-electron chi connectivity index (χ2n) is 6.94. The van der Waals surface area contributed by atoms with E-state index in [2.05, 4.69) is 25.8 Å². The van der Waals surface area contributed by atoms with Crippen LogP contribution in [0.4, 0.5) is 13.2 Å². The Morgan fingerprint density at radius 2 is 1.81 bits per heavy atom. The van der Waals surface area contributed by atoms with Crippen LogP contribution >= 0.6 is 15.9 Å². The van der Waals surface area contributed by atoms with Crippen molar-refractivity contribution in [3.05, 3.63) is 79.3 Å². The number of nitrogens with zero attached hydrogens (tertiary/aromatic N) is 1. The van der Waals surface area contributed by atoms with Crippen LogP contribution in [0.1, 0.15) is 41.5 Å². The van der Waals surface area contributed by atoms with Crippen LogP contribution in [-0.2, 0) is 10.0 Å². The average Bonchev–Trinajstić information content (AvgIpc) is 3.12. The Labute approximate surface area is 183 Å². The Kier molecular flexibility index (Phi) is 6.44. The fraction of sp³-hybridized carbons (Fsp3) is 0.263. The van der Waals surface area contributed by atoms with Crippen molar-refractivity contribution in [1.82, 2.24) is 14.9 Å². The lowest BCUT2D eigenvalue weighted by molar-refractivity contribution is 0.376. The molecule has 2 N–H and O–H groups in total. The van der Waals surface area contributed by atoms with Gasteiger partial charge >= 0.3 is 5.76 Å². The van der Waals surface area contributed by atoms with E-state index in [0.29, 0.717) is 17.7 Å². The van der Waals surface area contributed by atoms with Gasteiger partial charge in [-0.05, 0) is 64.7 Å². The summed E-state index contributed by atoms with van der Waals surface area (Å²) in [5.74, 6) is -5.12. The highest BCUT2D eigenvalue weighted by molar-refractivity contribution is 9.10. The van der Waals surface area contributed by atoms with Crippen LogP contribution in [0.15, 0.2) is 42.8 Å². The van der Waals surface area contributed by atoms with Gasteiger partial charge in [0.25, 0.3) is 0 Å². The molecule has 1 heterocycles. The molecule has 166 valence electrons. The van der Waals surface area contributed by atoms with Crippen LogP contribution in [0.5, 0.6) is 0 Å². The van der Waals surface area contributed by atoms with Crippen LogP contribution in [0.25, 0.3) is 0 Å². The molecule has 1 aromatic heterocycles. The Balaban J connectivity index is 2.13. The van der Waals surface area contributed by atoms with E-state index < -0.39 is 50.1 Å². The normalized spacial score (nSPS) is 13.9. The summed E-state index contributed by atoms with van der Waals surface area (Å²) >= 11 is 2.78. The van der Waals surface area contributed by atoms with E-state index in [-0.39, 0.29) is 15.9 Å². The van der Waals surface area contributed by atoms with Gasteiger partial charge in [0.2, 0.25) is 15.9 Å². The Hall–Kier alpha value is -2.44. The van der Waals surface area contributed by atoms with Gasteiger partial charge in [-0.2, -0.15) is 4.72 Å². The van der Waals surface area contributed by atoms with E-state index in [1.54, 1.807) is 19.9 Å². The highest BCUT2D eigenvalue weighted by Crippen LogP contribution is 2.35. The third-order valence-electron chi connectivity index (χ3n) is 4.95. The number of hydrogen-bond donors (Lipinski definition) is 2. The number of halogens is 4. The number of rotatable bonds is 6. The molecule has 0 spiro atoms. The van der Waals surface area contributed by atoms with Crippen molar-refractivity contribution < 1.29 is 26.0 Å². The summed E-state index contributed by atoms with van der Waals surface area (Å²) < 4.78 is 75.5. The summed E-state index contributed by atoms with van der Waals surface area (Å²) in [5.41, 5.74) is 1.45. The summed E-state index contributed by atoms with van der Waals surface area (Å²) in [6.07, 6.45) is 0. The number of sulfonamides is 1. The minimum atomic E-state index is -4.68. The van der Waals surface area contributed by atoms with Gasteiger partial charge in [-0.15, -0.1) is 5.10 Å². The zero-order valence-corrected chi connectivity index (χ0v) is 18.9. The molecule has 0 amide bonds. The lowest BCUT2D eigenvalue weighted by atomic mass is 9.88. The molecule has 7 nitrogen and oxygen atoms in total. The van der Waals surface area contributed by atoms with E-state index >= 15 is 0 Å². The van der Waals surface area contributed by atoms with E-state index in [1.165, 1.54) is 13.0 Å². The average molecular weight is 520 g/mol. The van der Waals surface area contributed by atoms with E-state index in [1.807, 2.05) is 5.10 Å². The Morgan fingerprint density at radius 3 is 2.42 bits per heavy atom. The maximum absolute atomic E-state index is 14.7. The van der Waals surface area contributed by atoms with Crippen molar-refractivity contribution in [1.29, 1.82) is 0 Å². The number of aromatic nitrogens is 2. The highest BCUT2D eigenvalue weighted by atomic mass is 79.9. The maximum Gasteiger partial charge on any atom is 0.434 e. The molecule has 31 heavy (non-hydrogen) atoms. The minimum absolute atomic E-state index is 0.154. The SMILES string of the molecule is Cc1ccc(F)c([C@@H](C)[C@H](NS(=O)(=O)c2cc(F)c(Br)cc2F)c2n[nH]c(=O)o2)c1C. The first-order chi connectivity index (χ1) is 14.4. The third-order valence-corrected chi connectivity index (χ3v) is 7.02. The maximum atomic E-state index is 14.7. The molecule has 0 saturated heterocycles. The molecule has 0 fully saturated rings. The highest BCUT2D eigenvalue weighted by Gasteiger charge is 2.34.